The summed E-state index contributed by atoms with van der Waals surface area (Å²) in [5.74, 6) is 2.76. The minimum absolute atomic E-state index is 0.163. The Morgan fingerprint density at radius 1 is 1.23 bits per heavy atom. The zero-order valence-corrected chi connectivity index (χ0v) is 18.6. The second-order valence-corrected chi connectivity index (χ2v) is 9.10. The summed E-state index contributed by atoms with van der Waals surface area (Å²) in [5.41, 5.74) is 0.976. The molecule has 4 rings (SSSR count). The van der Waals surface area contributed by atoms with E-state index in [0.29, 0.717) is 18.2 Å². The van der Waals surface area contributed by atoms with Gasteiger partial charge in [-0.2, -0.15) is 0 Å². The van der Waals surface area contributed by atoms with E-state index in [0.717, 1.165) is 61.3 Å². The zero-order chi connectivity index (χ0) is 20.9. The van der Waals surface area contributed by atoms with Crippen molar-refractivity contribution in [2.45, 2.75) is 50.4 Å². The number of hydrogen-bond donors (Lipinski definition) is 0. The number of aromatic nitrogens is 3. The number of methoxy groups -OCH3 is 1. The Labute approximate surface area is 182 Å². The standard InChI is InChI=1S/C22H30N4O3S/c1-16-5-3-11-25(13-16)20(27)15-30-22-24-23-21(17-7-9-18(28-2)10-8-17)26(22)14-19-6-4-12-29-19/h7-10,16,19H,3-6,11-15H2,1-2H3/t16-,19-/m1/s1. The van der Waals surface area contributed by atoms with E-state index in [2.05, 4.69) is 21.7 Å². The summed E-state index contributed by atoms with van der Waals surface area (Å²) in [7, 11) is 1.66. The molecule has 0 unspecified atom stereocenters. The number of carbonyl (C=O) groups excluding carboxylic acids is 1. The van der Waals surface area contributed by atoms with Gasteiger partial charge < -0.3 is 14.4 Å². The van der Waals surface area contributed by atoms with Gasteiger partial charge in [0.05, 0.1) is 25.5 Å². The Morgan fingerprint density at radius 2 is 2.07 bits per heavy atom. The van der Waals surface area contributed by atoms with Gasteiger partial charge in [0.2, 0.25) is 5.91 Å². The number of hydrogen-bond acceptors (Lipinski definition) is 6. The van der Waals surface area contributed by atoms with Gasteiger partial charge in [-0.05, 0) is 55.9 Å². The zero-order valence-electron chi connectivity index (χ0n) is 17.7. The molecule has 2 atom stereocenters. The SMILES string of the molecule is COc1ccc(-c2nnc(SCC(=O)N3CCC[C@@H](C)C3)n2C[C@H]2CCCO2)cc1. The van der Waals surface area contributed by atoms with Crippen LogP contribution in [0.2, 0.25) is 0 Å². The summed E-state index contributed by atoms with van der Waals surface area (Å²) >= 11 is 1.47. The summed E-state index contributed by atoms with van der Waals surface area (Å²) in [6.45, 7) is 5.44. The van der Waals surface area contributed by atoms with Gasteiger partial charge in [0.15, 0.2) is 11.0 Å². The van der Waals surface area contributed by atoms with Crippen LogP contribution < -0.4 is 4.74 Å². The van der Waals surface area contributed by atoms with E-state index in [-0.39, 0.29) is 12.0 Å². The molecular formula is C22H30N4O3S. The van der Waals surface area contributed by atoms with Crippen molar-refractivity contribution in [3.63, 3.8) is 0 Å². The fourth-order valence-electron chi connectivity index (χ4n) is 4.14. The van der Waals surface area contributed by atoms with Crippen molar-refractivity contribution >= 4 is 17.7 Å². The van der Waals surface area contributed by atoms with Gasteiger partial charge in [0, 0.05) is 25.3 Å². The maximum Gasteiger partial charge on any atom is 0.233 e. The highest BCUT2D eigenvalue weighted by Crippen LogP contribution is 2.28. The lowest BCUT2D eigenvalue weighted by Gasteiger charge is -2.30. The lowest BCUT2D eigenvalue weighted by atomic mass is 10.0. The number of piperidine rings is 1. The first-order valence-electron chi connectivity index (χ1n) is 10.7. The molecule has 2 aromatic rings. The second kappa shape index (κ2) is 9.83. The third-order valence-corrected chi connectivity index (χ3v) is 6.76. The smallest absolute Gasteiger partial charge is 0.233 e. The van der Waals surface area contributed by atoms with E-state index in [1.807, 2.05) is 29.2 Å². The normalized spacial score (nSPS) is 21.7. The quantitative estimate of drug-likeness (QED) is 0.627. The third-order valence-electron chi connectivity index (χ3n) is 5.81. The number of carbonyl (C=O) groups is 1. The van der Waals surface area contributed by atoms with Crippen molar-refractivity contribution in [1.82, 2.24) is 19.7 Å². The first-order chi connectivity index (χ1) is 14.6. The van der Waals surface area contributed by atoms with Gasteiger partial charge >= 0.3 is 0 Å². The molecule has 0 spiro atoms. The molecule has 0 saturated carbocycles. The molecule has 0 bridgehead atoms. The Morgan fingerprint density at radius 3 is 2.77 bits per heavy atom. The summed E-state index contributed by atoms with van der Waals surface area (Å²) in [6.07, 6.45) is 4.58. The van der Waals surface area contributed by atoms with Gasteiger partial charge in [-0.15, -0.1) is 10.2 Å². The maximum absolute atomic E-state index is 12.7. The van der Waals surface area contributed by atoms with Crippen LogP contribution in [0.25, 0.3) is 11.4 Å². The average molecular weight is 431 g/mol. The highest BCUT2D eigenvalue weighted by molar-refractivity contribution is 7.99. The Balaban J connectivity index is 1.51. The Kier molecular flexibility index (Phi) is 6.94. The van der Waals surface area contributed by atoms with Gasteiger partial charge in [-0.1, -0.05) is 18.7 Å². The molecule has 30 heavy (non-hydrogen) atoms. The predicted molar refractivity (Wildman–Crippen MR) is 117 cm³/mol. The Bertz CT molecular complexity index is 849. The maximum atomic E-state index is 12.7. The number of amides is 1. The molecule has 8 heteroatoms. The molecule has 1 aromatic heterocycles. The monoisotopic (exact) mass is 430 g/mol. The number of likely N-dealkylation sites (tertiary alicyclic amines) is 1. The molecule has 2 saturated heterocycles. The van der Waals surface area contributed by atoms with E-state index in [9.17, 15) is 4.79 Å². The van der Waals surface area contributed by atoms with Crippen LogP contribution in [-0.4, -0.2) is 64.2 Å². The van der Waals surface area contributed by atoms with Crippen LogP contribution >= 0.6 is 11.8 Å². The van der Waals surface area contributed by atoms with Crippen molar-refractivity contribution in [3.8, 4) is 17.1 Å². The summed E-state index contributed by atoms with van der Waals surface area (Å²) in [5, 5.41) is 9.66. The van der Waals surface area contributed by atoms with Crippen LogP contribution in [-0.2, 0) is 16.1 Å². The third kappa shape index (κ3) is 4.98. The number of rotatable bonds is 7. The molecule has 7 nitrogen and oxygen atoms in total. The average Bonchev–Trinajstić information content (AvgIpc) is 3.42. The van der Waals surface area contributed by atoms with E-state index < -0.39 is 0 Å². The van der Waals surface area contributed by atoms with E-state index in [1.165, 1.54) is 18.2 Å². The Hall–Kier alpha value is -2.06. The molecule has 0 aliphatic carbocycles. The lowest BCUT2D eigenvalue weighted by molar-refractivity contribution is -0.130. The van der Waals surface area contributed by atoms with Crippen molar-refractivity contribution in [3.05, 3.63) is 24.3 Å². The molecule has 162 valence electrons. The summed E-state index contributed by atoms with van der Waals surface area (Å²) in [6, 6.07) is 7.83. The van der Waals surface area contributed by atoms with Crippen LogP contribution in [0.4, 0.5) is 0 Å². The molecule has 2 aliphatic heterocycles. The molecule has 2 fully saturated rings. The minimum atomic E-state index is 0.163. The second-order valence-electron chi connectivity index (χ2n) is 8.16. The summed E-state index contributed by atoms with van der Waals surface area (Å²) in [4.78, 5) is 14.7. The van der Waals surface area contributed by atoms with Crippen LogP contribution in [0.3, 0.4) is 0 Å². The summed E-state index contributed by atoms with van der Waals surface area (Å²) < 4.78 is 13.2. The fourth-order valence-corrected chi connectivity index (χ4v) is 4.99. The first kappa shape index (κ1) is 21.2. The molecule has 0 radical (unpaired) electrons. The van der Waals surface area contributed by atoms with E-state index >= 15 is 0 Å². The lowest BCUT2D eigenvalue weighted by Crippen LogP contribution is -2.40. The van der Waals surface area contributed by atoms with Crippen molar-refractivity contribution in [2.75, 3.05) is 32.6 Å². The fraction of sp³-hybridized carbons (Fsp3) is 0.591. The molecule has 2 aliphatic rings. The van der Waals surface area contributed by atoms with E-state index in [4.69, 9.17) is 9.47 Å². The minimum Gasteiger partial charge on any atom is -0.497 e. The van der Waals surface area contributed by atoms with Gasteiger partial charge in [-0.25, -0.2) is 0 Å². The van der Waals surface area contributed by atoms with Gasteiger partial charge in [0.1, 0.15) is 5.75 Å². The number of ether oxygens (including phenoxy) is 2. The van der Waals surface area contributed by atoms with Crippen molar-refractivity contribution < 1.29 is 14.3 Å². The topological polar surface area (TPSA) is 69.5 Å². The van der Waals surface area contributed by atoms with Crippen LogP contribution in [0, 0.1) is 5.92 Å². The largest absolute Gasteiger partial charge is 0.497 e. The van der Waals surface area contributed by atoms with Crippen LogP contribution in [0.1, 0.15) is 32.6 Å². The molecule has 0 N–H and O–H groups in total. The van der Waals surface area contributed by atoms with Crippen LogP contribution in [0.15, 0.2) is 29.4 Å². The highest BCUT2D eigenvalue weighted by atomic mass is 32.2. The van der Waals surface area contributed by atoms with Gasteiger partial charge in [-0.3, -0.25) is 9.36 Å². The number of benzene rings is 1. The predicted octanol–water partition coefficient (Wildman–Crippen LogP) is 3.48. The highest BCUT2D eigenvalue weighted by Gasteiger charge is 2.24. The molecule has 1 aromatic carbocycles. The van der Waals surface area contributed by atoms with Crippen LogP contribution in [0.5, 0.6) is 5.75 Å². The van der Waals surface area contributed by atoms with Gasteiger partial charge in [0.25, 0.3) is 0 Å². The number of nitrogens with zero attached hydrogens (tertiary/aromatic N) is 4. The number of thioether (sulfide) groups is 1. The molecular weight excluding hydrogens is 400 g/mol. The van der Waals surface area contributed by atoms with E-state index in [1.54, 1.807) is 7.11 Å². The van der Waals surface area contributed by atoms with Crippen molar-refractivity contribution in [2.24, 2.45) is 5.92 Å². The first-order valence-corrected chi connectivity index (χ1v) is 11.7. The van der Waals surface area contributed by atoms with Crippen molar-refractivity contribution in [1.29, 1.82) is 0 Å². The molecule has 3 heterocycles. The molecule has 1 amide bonds.